The fourth-order valence-corrected chi connectivity index (χ4v) is 1.74. The van der Waals surface area contributed by atoms with Gasteiger partial charge in [-0.05, 0) is 6.92 Å². The topological polar surface area (TPSA) is 106 Å². The lowest BCUT2D eigenvalue weighted by molar-refractivity contribution is -0.132. The summed E-state index contributed by atoms with van der Waals surface area (Å²) in [4.78, 5) is 31.2. The van der Waals surface area contributed by atoms with Gasteiger partial charge in [-0.3, -0.25) is 4.79 Å². The predicted octanol–water partition coefficient (Wildman–Crippen LogP) is -0.383. The van der Waals surface area contributed by atoms with Gasteiger partial charge in [0, 0.05) is 31.4 Å². The van der Waals surface area contributed by atoms with Crippen LogP contribution in [0.4, 0.5) is 0 Å². The van der Waals surface area contributed by atoms with E-state index in [4.69, 9.17) is 9.94 Å². The first-order valence-electron chi connectivity index (χ1n) is 5.78. The van der Waals surface area contributed by atoms with Gasteiger partial charge in [0.2, 0.25) is 6.10 Å². The molecule has 1 aromatic rings. The summed E-state index contributed by atoms with van der Waals surface area (Å²) in [5.41, 5.74) is -0.137. The zero-order chi connectivity index (χ0) is 13.8. The average Bonchev–Trinajstić information content (AvgIpc) is 2.98. The Bertz CT molecular complexity index is 497. The summed E-state index contributed by atoms with van der Waals surface area (Å²) >= 11 is 0. The zero-order valence-electron chi connectivity index (χ0n) is 10.3. The van der Waals surface area contributed by atoms with Crippen LogP contribution < -0.4 is 5.32 Å². The molecule has 102 valence electrons. The van der Waals surface area contributed by atoms with Gasteiger partial charge in [0.25, 0.3) is 5.91 Å². The Kier molecular flexibility index (Phi) is 3.79. The normalized spacial score (nSPS) is 19.4. The van der Waals surface area contributed by atoms with E-state index in [1.165, 1.54) is 0 Å². The Balaban J connectivity index is 1.80. The molecule has 0 fully saturated rings. The predicted molar refractivity (Wildman–Crippen MR) is 64.4 cm³/mol. The van der Waals surface area contributed by atoms with Crippen LogP contribution in [0.25, 0.3) is 0 Å². The van der Waals surface area contributed by atoms with Crippen molar-refractivity contribution in [3.8, 4) is 0 Å². The van der Waals surface area contributed by atoms with Crippen molar-refractivity contribution in [1.82, 2.24) is 14.9 Å². The van der Waals surface area contributed by atoms with Crippen LogP contribution in [0.1, 0.15) is 13.3 Å². The highest BCUT2D eigenvalue weighted by Gasteiger charge is 2.31. The van der Waals surface area contributed by atoms with E-state index in [-0.39, 0.29) is 24.1 Å². The molecule has 2 N–H and O–H groups in total. The van der Waals surface area contributed by atoms with Gasteiger partial charge < -0.3 is 19.8 Å². The zero-order valence-corrected chi connectivity index (χ0v) is 10.3. The number of rotatable bonds is 5. The molecule has 0 saturated carbocycles. The Labute approximate surface area is 109 Å². The summed E-state index contributed by atoms with van der Waals surface area (Å²) in [7, 11) is 0. The first-order chi connectivity index (χ1) is 9.06. The number of nitrogens with zero attached hydrogens (tertiary/aromatic N) is 3. The van der Waals surface area contributed by atoms with Gasteiger partial charge in [-0.1, -0.05) is 5.16 Å². The van der Waals surface area contributed by atoms with E-state index >= 15 is 0 Å². The number of carbonyl (C=O) groups excluding carboxylic acids is 1. The summed E-state index contributed by atoms with van der Waals surface area (Å²) in [6.45, 7) is 2.41. The molecule has 8 nitrogen and oxygen atoms in total. The number of amides is 1. The molecule has 1 aromatic heterocycles. The largest absolute Gasteiger partial charge is 0.477 e. The van der Waals surface area contributed by atoms with Crippen molar-refractivity contribution in [3.63, 3.8) is 0 Å². The molecule has 2 heterocycles. The first kappa shape index (κ1) is 13.1. The van der Waals surface area contributed by atoms with Crippen molar-refractivity contribution in [1.29, 1.82) is 0 Å². The van der Waals surface area contributed by atoms with Crippen molar-refractivity contribution in [2.75, 3.05) is 0 Å². The monoisotopic (exact) mass is 266 g/mol. The standard InChI is InChI=1S/C11H14N4O4/c1-7(5-15-3-2-12-6-15)13-10(16)9-4-8(11(17)18)14-19-9/h2-3,6-7,9H,4-5H2,1H3,(H,13,16)(H,17,18). The summed E-state index contributed by atoms with van der Waals surface area (Å²) in [5, 5.41) is 14.8. The molecule has 19 heavy (non-hydrogen) atoms. The minimum absolute atomic E-state index is 0.0149. The molecule has 1 aliphatic rings. The van der Waals surface area contributed by atoms with Crippen LogP contribution in [0.2, 0.25) is 0 Å². The molecule has 0 saturated heterocycles. The number of imidazole rings is 1. The Hall–Kier alpha value is -2.38. The maximum Gasteiger partial charge on any atom is 0.353 e. The van der Waals surface area contributed by atoms with Crippen LogP contribution in [0.5, 0.6) is 0 Å². The van der Waals surface area contributed by atoms with Gasteiger partial charge in [0.1, 0.15) is 0 Å². The number of carbonyl (C=O) groups is 2. The molecule has 1 aliphatic heterocycles. The van der Waals surface area contributed by atoms with Gasteiger partial charge in [0.15, 0.2) is 5.71 Å². The van der Waals surface area contributed by atoms with Crippen molar-refractivity contribution in [2.24, 2.45) is 5.16 Å². The van der Waals surface area contributed by atoms with E-state index in [1.807, 2.05) is 11.5 Å². The maximum absolute atomic E-state index is 11.8. The first-order valence-corrected chi connectivity index (χ1v) is 5.78. The summed E-state index contributed by atoms with van der Waals surface area (Å²) in [5.74, 6) is -1.53. The molecule has 0 aliphatic carbocycles. The number of nitrogens with one attached hydrogen (secondary N) is 1. The summed E-state index contributed by atoms with van der Waals surface area (Å²) in [6.07, 6.45) is 4.22. The molecule has 1 amide bonds. The van der Waals surface area contributed by atoms with E-state index in [0.717, 1.165) is 0 Å². The van der Waals surface area contributed by atoms with Crippen LogP contribution in [-0.2, 0) is 21.0 Å². The number of oxime groups is 1. The lowest BCUT2D eigenvalue weighted by Gasteiger charge is -2.16. The third kappa shape index (κ3) is 3.30. The molecule has 2 rings (SSSR count). The van der Waals surface area contributed by atoms with E-state index in [1.54, 1.807) is 18.7 Å². The molecular formula is C11H14N4O4. The Morgan fingerprint density at radius 2 is 2.47 bits per heavy atom. The number of aromatic nitrogens is 2. The Morgan fingerprint density at radius 1 is 1.68 bits per heavy atom. The lowest BCUT2D eigenvalue weighted by Crippen LogP contribution is -2.42. The Morgan fingerprint density at radius 3 is 3.05 bits per heavy atom. The van der Waals surface area contributed by atoms with Gasteiger partial charge >= 0.3 is 5.97 Å². The number of hydrogen-bond donors (Lipinski definition) is 2. The highest BCUT2D eigenvalue weighted by atomic mass is 16.6. The van der Waals surface area contributed by atoms with E-state index < -0.39 is 12.1 Å². The molecule has 2 unspecified atom stereocenters. The fraction of sp³-hybridized carbons (Fsp3) is 0.455. The number of carboxylic acids is 1. The van der Waals surface area contributed by atoms with Gasteiger partial charge in [0.05, 0.1) is 6.33 Å². The quantitative estimate of drug-likeness (QED) is 0.755. The molecule has 0 bridgehead atoms. The SMILES string of the molecule is CC(Cn1ccnc1)NC(=O)C1CC(C(=O)O)=NO1. The molecular weight excluding hydrogens is 252 g/mol. The van der Waals surface area contributed by atoms with Crippen molar-refractivity contribution in [3.05, 3.63) is 18.7 Å². The third-order valence-corrected chi connectivity index (χ3v) is 2.64. The highest BCUT2D eigenvalue weighted by Crippen LogP contribution is 2.11. The third-order valence-electron chi connectivity index (χ3n) is 2.64. The van der Waals surface area contributed by atoms with Crippen LogP contribution in [-0.4, -0.2) is 44.4 Å². The summed E-state index contributed by atoms with van der Waals surface area (Å²) < 4.78 is 1.83. The molecule has 0 spiro atoms. The minimum Gasteiger partial charge on any atom is -0.477 e. The second-order valence-electron chi connectivity index (χ2n) is 4.31. The number of carboxylic acid groups (broad SMARTS) is 1. The van der Waals surface area contributed by atoms with Crippen molar-refractivity contribution in [2.45, 2.75) is 32.0 Å². The fourth-order valence-electron chi connectivity index (χ4n) is 1.74. The van der Waals surface area contributed by atoms with Crippen LogP contribution >= 0.6 is 0 Å². The lowest BCUT2D eigenvalue weighted by atomic mass is 10.1. The van der Waals surface area contributed by atoms with Crippen molar-refractivity contribution < 1.29 is 19.5 Å². The maximum atomic E-state index is 11.8. The van der Waals surface area contributed by atoms with Crippen LogP contribution in [0, 0.1) is 0 Å². The average molecular weight is 266 g/mol. The second-order valence-corrected chi connectivity index (χ2v) is 4.31. The van der Waals surface area contributed by atoms with Gasteiger partial charge in [-0.15, -0.1) is 0 Å². The minimum atomic E-state index is -1.17. The number of aliphatic carboxylic acids is 1. The molecule has 0 radical (unpaired) electrons. The van der Waals surface area contributed by atoms with Crippen LogP contribution in [0.3, 0.4) is 0 Å². The second kappa shape index (κ2) is 5.51. The molecule has 2 atom stereocenters. The molecule has 0 aromatic carbocycles. The van der Waals surface area contributed by atoms with Gasteiger partial charge in [-0.25, -0.2) is 9.78 Å². The van der Waals surface area contributed by atoms with Gasteiger partial charge in [-0.2, -0.15) is 0 Å². The number of hydrogen-bond acceptors (Lipinski definition) is 5. The molecule has 8 heteroatoms. The van der Waals surface area contributed by atoms with E-state index in [0.29, 0.717) is 6.54 Å². The summed E-state index contributed by atoms with van der Waals surface area (Å²) in [6, 6.07) is -0.126. The van der Waals surface area contributed by atoms with E-state index in [2.05, 4.69) is 15.5 Å². The van der Waals surface area contributed by atoms with E-state index in [9.17, 15) is 9.59 Å². The van der Waals surface area contributed by atoms with Crippen molar-refractivity contribution >= 4 is 17.6 Å². The smallest absolute Gasteiger partial charge is 0.353 e. The highest BCUT2D eigenvalue weighted by molar-refractivity contribution is 6.36. The van der Waals surface area contributed by atoms with Crippen LogP contribution in [0.15, 0.2) is 23.9 Å².